The molecule has 0 spiro atoms. The molecule has 1 aliphatic rings. The zero-order valence-electron chi connectivity index (χ0n) is 11.6. The summed E-state index contributed by atoms with van der Waals surface area (Å²) in [5, 5.41) is 9.81. The van der Waals surface area contributed by atoms with Crippen LogP contribution >= 0.6 is 0 Å². The van der Waals surface area contributed by atoms with Crippen LogP contribution in [0.2, 0.25) is 0 Å². The van der Waals surface area contributed by atoms with E-state index in [0.717, 1.165) is 38.9 Å². The van der Waals surface area contributed by atoms with Gasteiger partial charge in [-0.05, 0) is 32.2 Å². The average Bonchev–Trinajstić information content (AvgIpc) is 2.74. The summed E-state index contributed by atoms with van der Waals surface area (Å²) < 4.78 is 0. The number of aliphatic hydroxyl groups is 1. The molecule has 1 heterocycles. The normalized spacial score (nSPS) is 21.3. The molecule has 0 aromatic heterocycles. The molecule has 0 bridgehead atoms. The van der Waals surface area contributed by atoms with Crippen LogP contribution in [0, 0.1) is 5.92 Å². The molecule has 2 atom stereocenters. The highest BCUT2D eigenvalue weighted by atomic mass is 16.3. The lowest BCUT2D eigenvalue weighted by Crippen LogP contribution is -2.34. The molecule has 18 heavy (non-hydrogen) atoms. The van der Waals surface area contributed by atoms with E-state index >= 15 is 0 Å². The van der Waals surface area contributed by atoms with Crippen molar-refractivity contribution in [3.8, 4) is 0 Å². The standard InChI is InChI=1S/C14H26N2O2/c1-4-5-6-14(18)11-15(3)9-13-7-8-16(10-13)12(2)17/h4,13-14,18H,1,5-11H2,2-3H3. The zero-order chi connectivity index (χ0) is 13.5. The van der Waals surface area contributed by atoms with Gasteiger partial charge >= 0.3 is 0 Å². The lowest BCUT2D eigenvalue weighted by Gasteiger charge is -2.23. The number of allylic oxidation sites excluding steroid dienone is 1. The molecular formula is C14H26N2O2. The van der Waals surface area contributed by atoms with Crippen LogP contribution in [-0.4, -0.2) is 60.1 Å². The Hall–Kier alpha value is -0.870. The molecule has 1 saturated heterocycles. The van der Waals surface area contributed by atoms with E-state index in [2.05, 4.69) is 11.5 Å². The molecule has 0 saturated carbocycles. The molecule has 2 unspecified atom stereocenters. The van der Waals surface area contributed by atoms with Gasteiger partial charge in [0.2, 0.25) is 5.91 Å². The van der Waals surface area contributed by atoms with Gasteiger partial charge in [-0.15, -0.1) is 6.58 Å². The lowest BCUT2D eigenvalue weighted by molar-refractivity contribution is -0.127. The Labute approximate surface area is 110 Å². The molecular weight excluding hydrogens is 228 g/mol. The van der Waals surface area contributed by atoms with Gasteiger partial charge in [0, 0.05) is 33.1 Å². The SMILES string of the molecule is C=CCCC(O)CN(C)CC1CCN(C(C)=O)C1. The van der Waals surface area contributed by atoms with Crippen LogP contribution in [0.1, 0.15) is 26.2 Å². The number of carbonyl (C=O) groups is 1. The first-order valence-corrected chi connectivity index (χ1v) is 6.76. The zero-order valence-corrected chi connectivity index (χ0v) is 11.6. The molecule has 0 aliphatic carbocycles. The summed E-state index contributed by atoms with van der Waals surface area (Å²) in [6, 6.07) is 0. The second-order valence-electron chi connectivity index (χ2n) is 5.36. The minimum absolute atomic E-state index is 0.172. The molecule has 104 valence electrons. The molecule has 1 amide bonds. The van der Waals surface area contributed by atoms with E-state index in [1.165, 1.54) is 0 Å². The van der Waals surface area contributed by atoms with Crippen molar-refractivity contribution in [3.63, 3.8) is 0 Å². The second-order valence-corrected chi connectivity index (χ2v) is 5.36. The molecule has 0 radical (unpaired) electrons. The number of hydrogen-bond donors (Lipinski definition) is 1. The lowest BCUT2D eigenvalue weighted by atomic mass is 10.1. The maximum absolute atomic E-state index is 11.2. The van der Waals surface area contributed by atoms with Crippen molar-refractivity contribution in [2.75, 3.05) is 33.2 Å². The Morgan fingerprint density at radius 3 is 2.94 bits per heavy atom. The van der Waals surface area contributed by atoms with Crippen LogP contribution < -0.4 is 0 Å². The summed E-state index contributed by atoms with van der Waals surface area (Å²) in [5.74, 6) is 0.719. The van der Waals surface area contributed by atoms with Gasteiger partial charge in [0.05, 0.1) is 6.10 Å². The molecule has 4 heteroatoms. The average molecular weight is 254 g/mol. The van der Waals surface area contributed by atoms with E-state index in [1.54, 1.807) is 6.92 Å². The molecule has 1 N–H and O–H groups in total. The van der Waals surface area contributed by atoms with E-state index in [9.17, 15) is 9.90 Å². The largest absolute Gasteiger partial charge is 0.392 e. The van der Waals surface area contributed by atoms with Gasteiger partial charge in [-0.2, -0.15) is 0 Å². The number of nitrogens with zero attached hydrogens (tertiary/aromatic N) is 2. The van der Waals surface area contributed by atoms with Crippen molar-refractivity contribution in [1.82, 2.24) is 9.80 Å². The first kappa shape index (κ1) is 15.2. The first-order chi connectivity index (χ1) is 8.52. The molecule has 1 rings (SSSR count). The summed E-state index contributed by atoms with van der Waals surface area (Å²) in [5.41, 5.74) is 0. The monoisotopic (exact) mass is 254 g/mol. The van der Waals surface area contributed by atoms with Crippen molar-refractivity contribution in [2.24, 2.45) is 5.92 Å². The van der Waals surface area contributed by atoms with Gasteiger partial charge < -0.3 is 14.9 Å². The van der Waals surface area contributed by atoms with Gasteiger partial charge in [-0.1, -0.05) is 6.08 Å². The van der Waals surface area contributed by atoms with E-state index < -0.39 is 0 Å². The van der Waals surface area contributed by atoms with Gasteiger partial charge in [0.15, 0.2) is 0 Å². The fraction of sp³-hybridized carbons (Fsp3) is 0.786. The van der Waals surface area contributed by atoms with E-state index in [1.807, 2.05) is 18.0 Å². The van der Waals surface area contributed by atoms with Crippen LogP contribution in [0.4, 0.5) is 0 Å². The van der Waals surface area contributed by atoms with Crippen LogP contribution in [0.25, 0.3) is 0 Å². The summed E-state index contributed by atoms with van der Waals surface area (Å²) in [6.45, 7) is 8.69. The van der Waals surface area contributed by atoms with Crippen LogP contribution in [0.15, 0.2) is 12.7 Å². The van der Waals surface area contributed by atoms with Crippen molar-refractivity contribution < 1.29 is 9.90 Å². The van der Waals surface area contributed by atoms with Crippen molar-refractivity contribution in [1.29, 1.82) is 0 Å². The minimum atomic E-state index is -0.279. The van der Waals surface area contributed by atoms with Crippen molar-refractivity contribution >= 4 is 5.91 Å². The smallest absolute Gasteiger partial charge is 0.219 e. The van der Waals surface area contributed by atoms with E-state index in [0.29, 0.717) is 12.5 Å². The predicted molar refractivity (Wildman–Crippen MR) is 73.3 cm³/mol. The van der Waals surface area contributed by atoms with Gasteiger partial charge in [-0.3, -0.25) is 4.79 Å². The van der Waals surface area contributed by atoms with Gasteiger partial charge in [0.25, 0.3) is 0 Å². The summed E-state index contributed by atoms with van der Waals surface area (Å²) >= 11 is 0. The van der Waals surface area contributed by atoms with Gasteiger partial charge in [-0.25, -0.2) is 0 Å². The Morgan fingerprint density at radius 1 is 1.67 bits per heavy atom. The third-order valence-corrected chi connectivity index (χ3v) is 3.53. The number of likely N-dealkylation sites (tertiary alicyclic amines) is 1. The summed E-state index contributed by atoms with van der Waals surface area (Å²) in [7, 11) is 2.04. The highest BCUT2D eigenvalue weighted by molar-refractivity contribution is 5.73. The van der Waals surface area contributed by atoms with Gasteiger partial charge in [0.1, 0.15) is 0 Å². The van der Waals surface area contributed by atoms with Crippen molar-refractivity contribution in [2.45, 2.75) is 32.3 Å². The minimum Gasteiger partial charge on any atom is -0.392 e. The predicted octanol–water partition coefficient (Wildman–Crippen LogP) is 1.11. The second kappa shape index (κ2) is 7.54. The molecule has 4 nitrogen and oxygen atoms in total. The number of hydrogen-bond acceptors (Lipinski definition) is 3. The highest BCUT2D eigenvalue weighted by Gasteiger charge is 2.25. The maximum Gasteiger partial charge on any atom is 0.219 e. The third kappa shape index (κ3) is 5.19. The van der Waals surface area contributed by atoms with E-state index in [-0.39, 0.29) is 12.0 Å². The molecule has 1 fully saturated rings. The van der Waals surface area contributed by atoms with Crippen LogP contribution in [0.3, 0.4) is 0 Å². The first-order valence-electron chi connectivity index (χ1n) is 6.76. The number of amides is 1. The van der Waals surface area contributed by atoms with Crippen molar-refractivity contribution in [3.05, 3.63) is 12.7 Å². The number of carbonyl (C=O) groups excluding carboxylic acids is 1. The van der Waals surface area contributed by atoms with Crippen LogP contribution in [0.5, 0.6) is 0 Å². The number of likely N-dealkylation sites (N-methyl/N-ethyl adjacent to an activating group) is 1. The number of aliphatic hydroxyl groups excluding tert-OH is 1. The summed E-state index contributed by atoms with van der Waals surface area (Å²) in [6.07, 6.45) is 4.27. The van der Waals surface area contributed by atoms with E-state index in [4.69, 9.17) is 0 Å². The number of rotatable bonds is 7. The molecule has 1 aliphatic heterocycles. The Morgan fingerprint density at radius 2 is 2.39 bits per heavy atom. The molecule has 0 aromatic rings. The Balaban J connectivity index is 2.22. The highest BCUT2D eigenvalue weighted by Crippen LogP contribution is 2.17. The van der Waals surface area contributed by atoms with Crippen LogP contribution in [-0.2, 0) is 4.79 Å². The maximum atomic E-state index is 11.2. The Bertz CT molecular complexity index is 281. The topological polar surface area (TPSA) is 43.8 Å². The fourth-order valence-electron chi connectivity index (χ4n) is 2.54. The third-order valence-electron chi connectivity index (χ3n) is 3.53. The fourth-order valence-corrected chi connectivity index (χ4v) is 2.54. The Kier molecular flexibility index (Phi) is 6.36. The summed E-state index contributed by atoms with van der Waals surface area (Å²) in [4.78, 5) is 15.3. The molecule has 0 aromatic carbocycles. The quantitative estimate of drug-likeness (QED) is 0.692.